The average molecular weight is 239 g/mol. The normalized spacial score (nSPS) is 35.5. The summed E-state index contributed by atoms with van der Waals surface area (Å²) >= 11 is 0. The highest BCUT2D eigenvalue weighted by Gasteiger charge is 2.38. The van der Waals surface area contributed by atoms with Gasteiger partial charge in [-0.15, -0.1) is 0 Å². The van der Waals surface area contributed by atoms with Crippen LogP contribution in [0.25, 0.3) is 0 Å². The van der Waals surface area contributed by atoms with E-state index in [2.05, 4.69) is 11.0 Å². The lowest BCUT2D eigenvalue weighted by Gasteiger charge is -2.37. The van der Waals surface area contributed by atoms with E-state index in [0.717, 1.165) is 19.3 Å². The molecule has 2 fully saturated rings. The van der Waals surface area contributed by atoms with Crippen molar-refractivity contribution in [3.05, 3.63) is 12.3 Å². The highest BCUT2D eigenvalue weighted by atomic mass is 16.5. The van der Waals surface area contributed by atoms with Crippen molar-refractivity contribution in [2.75, 3.05) is 20.2 Å². The molecule has 98 valence electrons. The van der Waals surface area contributed by atoms with Crippen LogP contribution in [0.2, 0.25) is 0 Å². The number of likely N-dealkylation sites (tertiary alicyclic amines) is 1. The Balaban J connectivity index is 1.92. The van der Waals surface area contributed by atoms with Crippen molar-refractivity contribution < 1.29 is 9.84 Å². The zero-order valence-electron chi connectivity index (χ0n) is 10.8. The third-order valence-corrected chi connectivity index (χ3v) is 4.19. The Morgan fingerprint density at radius 3 is 2.71 bits per heavy atom. The molecular weight excluding hydrogens is 214 g/mol. The van der Waals surface area contributed by atoms with Gasteiger partial charge in [-0.25, -0.2) is 0 Å². The summed E-state index contributed by atoms with van der Waals surface area (Å²) in [7, 11) is 1.68. The minimum atomic E-state index is -0.117. The molecule has 3 nitrogen and oxygen atoms in total. The predicted octanol–water partition coefficient (Wildman–Crippen LogP) is 2.16. The van der Waals surface area contributed by atoms with Gasteiger partial charge in [0.15, 0.2) is 0 Å². The van der Waals surface area contributed by atoms with E-state index in [-0.39, 0.29) is 6.10 Å². The van der Waals surface area contributed by atoms with E-state index in [1.165, 1.54) is 32.4 Å². The standard InChI is InChI=1S/C14H25NO2/c1-17-11-5-6-12-7-8-13(16)14(12)15-9-3-2-4-10-15/h5,11-14,16H,2-4,6-10H2,1H3. The first-order valence-corrected chi connectivity index (χ1v) is 6.93. The number of aliphatic hydroxyl groups excluding tert-OH is 1. The maximum absolute atomic E-state index is 10.2. The number of hydrogen-bond acceptors (Lipinski definition) is 3. The number of piperidine rings is 1. The highest BCUT2D eigenvalue weighted by molar-refractivity contribution is 4.95. The molecule has 2 rings (SSSR count). The van der Waals surface area contributed by atoms with E-state index in [1.807, 2.05) is 0 Å². The number of aliphatic hydroxyl groups is 1. The predicted molar refractivity (Wildman–Crippen MR) is 68.7 cm³/mol. The zero-order chi connectivity index (χ0) is 12.1. The first kappa shape index (κ1) is 12.9. The molecule has 1 N–H and O–H groups in total. The Morgan fingerprint density at radius 2 is 2.00 bits per heavy atom. The smallest absolute Gasteiger partial charge is 0.0784 e. The number of rotatable bonds is 4. The van der Waals surface area contributed by atoms with Gasteiger partial charge < -0.3 is 9.84 Å². The molecule has 1 saturated heterocycles. The van der Waals surface area contributed by atoms with Crippen molar-refractivity contribution in [2.45, 2.75) is 50.7 Å². The van der Waals surface area contributed by atoms with Gasteiger partial charge in [0, 0.05) is 6.04 Å². The Morgan fingerprint density at radius 1 is 1.24 bits per heavy atom. The van der Waals surface area contributed by atoms with Gasteiger partial charge in [0.1, 0.15) is 0 Å². The quantitative estimate of drug-likeness (QED) is 0.763. The maximum Gasteiger partial charge on any atom is 0.0784 e. The van der Waals surface area contributed by atoms with Crippen LogP contribution in [0.4, 0.5) is 0 Å². The molecular formula is C14H25NO2. The van der Waals surface area contributed by atoms with Crippen LogP contribution in [0.3, 0.4) is 0 Å². The van der Waals surface area contributed by atoms with E-state index in [4.69, 9.17) is 4.74 Å². The van der Waals surface area contributed by atoms with Crippen molar-refractivity contribution in [3.63, 3.8) is 0 Å². The number of hydrogen-bond donors (Lipinski definition) is 1. The van der Waals surface area contributed by atoms with Crippen LogP contribution >= 0.6 is 0 Å². The molecule has 0 aromatic carbocycles. The molecule has 3 heteroatoms. The minimum Gasteiger partial charge on any atom is -0.505 e. The lowest BCUT2D eigenvalue weighted by molar-refractivity contribution is 0.0403. The first-order valence-electron chi connectivity index (χ1n) is 6.93. The molecule has 0 bridgehead atoms. The van der Waals surface area contributed by atoms with Crippen LogP contribution in [0.5, 0.6) is 0 Å². The monoisotopic (exact) mass is 239 g/mol. The van der Waals surface area contributed by atoms with Crippen molar-refractivity contribution in [1.29, 1.82) is 0 Å². The van der Waals surface area contributed by atoms with Crippen LogP contribution in [-0.4, -0.2) is 42.4 Å². The second-order valence-electron chi connectivity index (χ2n) is 5.34. The molecule has 3 atom stereocenters. The van der Waals surface area contributed by atoms with Crippen LogP contribution in [0, 0.1) is 5.92 Å². The maximum atomic E-state index is 10.2. The van der Waals surface area contributed by atoms with Crippen LogP contribution in [0.15, 0.2) is 12.3 Å². The van der Waals surface area contributed by atoms with Gasteiger partial charge in [-0.05, 0) is 57.2 Å². The van der Waals surface area contributed by atoms with Crippen molar-refractivity contribution in [3.8, 4) is 0 Å². The Kier molecular flexibility index (Phi) is 4.86. The highest BCUT2D eigenvalue weighted by Crippen LogP contribution is 2.34. The molecule has 3 unspecified atom stereocenters. The fraction of sp³-hybridized carbons (Fsp3) is 0.857. The molecule has 17 heavy (non-hydrogen) atoms. The Hall–Kier alpha value is -0.540. The van der Waals surface area contributed by atoms with Crippen molar-refractivity contribution in [1.82, 2.24) is 4.90 Å². The summed E-state index contributed by atoms with van der Waals surface area (Å²) in [5, 5.41) is 10.2. The summed E-state index contributed by atoms with van der Waals surface area (Å²) in [6.45, 7) is 2.35. The second-order valence-corrected chi connectivity index (χ2v) is 5.34. The lowest BCUT2D eigenvalue weighted by Crippen LogP contribution is -2.46. The van der Waals surface area contributed by atoms with E-state index >= 15 is 0 Å². The van der Waals surface area contributed by atoms with Gasteiger partial charge in [0.25, 0.3) is 0 Å². The van der Waals surface area contributed by atoms with E-state index in [9.17, 15) is 5.11 Å². The lowest BCUT2D eigenvalue weighted by atomic mass is 9.95. The van der Waals surface area contributed by atoms with E-state index < -0.39 is 0 Å². The molecule has 1 heterocycles. The van der Waals surface area contributed by atoms with Crippen LogP contribution < -0.4 is 0 Å². The molecule has 2 aliphatic rings. The first-order chi connectivity index (χ1) is 8.33. The van der Waals surface area contributed by atoms with E-state index in [0.29, 0.717) is 12.0 Å². The third-order valence-electron chi connectivity index (χ3n) is 4.19. The number of ether oxygens (including phenoxy) is 1. The van der Waals surface area contributed by atoms with Gasteiger partial charge in [0.2, 0.25) is 0 Å². The molecule has 1 saturated carbocycles. The third kappa shape index (κ3) is 3.23. The average Bonchev–Trinajstić information content (AvgIpc) is 2.72. The van der Waals surface area contributed by atoms with Gasteiger partial charge in [-0.2, -0.15) is 0 Å². The minimum absolute atomic E-state index is 0.117. The Labute approximate surface area is 104 Å². The SMILES string of the molecule is COC=CCC1CCC(O)C1N1CCCCC1. The molecule has 0 amide bonds. The molecule has 1 aliphatic heterocycles. The summed E-state index contributed by atoms with van der Waals surface area (Å²) in [4.78, 5) is 2.52. The van der Waals surface area contributed by atoms with E-state index in [1.54, 1.807) is 13.4 Å². The topological polar surface area (TPSA) is 32.7 Å². The number of methoxy groups -OCH3 is 1. The fourth-order valence-corrected chi connectivity index (χ4v) is 3.38. The summed E-state index contributed by atoms with van der Waals surface area (Å²) in [6.07, 6.45) is 10.8. The molecule has 1 aliphatic carbocycles. The molecule has 0 spiro atoms. The van der Waals surface area contributed by atoms with Crippen LogP contribution in [-0.2, 0) is 4.74 Å². The summed E-state index contributed by atoms with van der Waals surface area (Å²) < 4.78 is 4.95. The fourth-order valence-electron chi connectivity index (χ4n) is 3.38. The summed E-state index contributed by atoms with van der Waals surface area (Å²) in [5.41, 5.74) is 0. The Bertz CT molecular complexity index is 249. The molecule has 0 aromatic heterocycles. The van der Waals surface area contributed by atoms with Gasteiger partial charge in [-0.1, -0.05) is 6.42 Å². The zero-order valence-corrected chi connectivity index (χ0v) is 10.8. The van der Waals surface area contributed by atoms with Gasteiger partial charge in [-0.3, -0.25) is 4.90 Å². The van der Waals surface area contributed by atoms with Gasteiger partial charge >= 0.3 is 0 Å². The summed E-state index contributed by atoms with van der Waals surface area (Å²) in [6, 6.07) is 0.386. The van der Waals surface area contributed by atoms with Crippen molar-refractivity contribution in [2.24, 2.45) is 5.92 Å². The summed E-state index contributed by atoms with van der Waals surface area (Å²) in [5.74, 6) is 0.606. The number of nitrogens with zero attached hydrogens (tertiary/aromatic N) is 1. The van der Waals surface area contributed by atoms with Gasteiger partial charge in [0.05, 0.1) is 19.5 Å². The number of allylic oxidation sites excluding steroid dienone is 1. The molecule has 0 radical (unpaired) electrons. The second kappa shape index (κ2) is 6.41. The van der Waals surface area contributed by atoms with Crippen molar-refractivity contribution >= 4 is 0 Å². The van der Waals surface area contributed by atoms with Crippen LogP contribution in [0.1, 0.15) is 38.5 Å². The largest absolute Gasteiger partial charge is 0.505 e. The molecule has 0 aromatic rings.